The van der Waals surface area contributed by atoms with Crippen molar-refractivity contribution in [1.82, 2.24) is 0 Å². The third-order valence-electron chi connectivity index (χ3n) is 6.02. The van der Waals surface area contributed by atoms with Crippen LogP contribution >= 0.6 is 11.6 Å². The third kappa shape index (κ3) is 3.90. The fourth-order valence-electron chi connectivity index (χ4n) is 4.33. The van der Waals surface area contributed by atoms with Crippen LogP contribution in [-0.2, 0) is 19.5 Å². The Morgan fingerprint density at radius 1 is 1.06 bits per heavy atom. The molecule has 0 bridgehead atoms. The molecule has 0 spiro atoms. The number of ether oxygens (including phenoxy) is 1. The van der Waals surface area contributed by atoms with E-state index in [9.17, 15) is 9.18 Å². The largest absolute Gasteiger partial charge is 0.443 e. The van der Waals surface area contributed by atoms with Crippen LogP contribution in [0.5, 0.6) is 5.75 Å². The second kappa shape index (κ2) is 8.41. The smallest absolute Gasteiger partial charge is 0.340 e. The molecule has 0 radical (unpaired) electrons. The highest BCUT2D eigenvalue weighted by Crippen LogP contribution is 2.37. The molecule has 162 valence electrons. The number of aryl methyl sites for hydroxylation is 1. The molecule has 1 unspecified atom stereocenters. The Morgan fingerprint density at radius 2 is 1.81 bits per heavy atom. The number of quaternary nitrogens is 1. The average molecular weight is 451 g/mol. The van der Waals surface area contributed by atoms with E-state index in [1.54, 1.807) is 12.1 Å². The van der Waals surface area contributed by atoms with Crippen LogP contribution < -0.4 is 15.3 Å². The van der Waals surface area contributed by atoms with Crippen LogP contribution in [0, 0.1) is 12.7 Å². The van der Waals surface area contributed by atoms with E-state index in [1.807, 2.05) is 43.3 Å². The predicted octanol–water partition coefficient (Wildman–Crippen LogP) is 4.42. The highest BCUT2D eigenvalue weighted by Gasteiger charge is 2.28. The first-order chi connectivity index (χ1) is 15.5. The van der Waals surface area contributed by atoms with Crippen LogP contribution in [0.3, 0.4) is 0 Å². The average Bonchev–Trinajstić information content (AvgIpc) is 2.80. The molecule has 2 heterocycles. The van der Waals surface area contributed by atoms with Crippen molar-refractivity contribution in [3.05, 3.63) is 110 Å². The Bertz CT molecular complexity index is 1350. The molecule has 4 nitrogen and oxygen atoms in total. The molecule has 3 aromatic carbocycles. The minimum atomic E-state index is -0.339. The maximum atomic E-state index is 13.2. The first-order valence-corrected chi connectivity index (χ1v) is 10.9. The summed E-state index contributed by atoms with van der Waals surface area (Å²) in [4.78, 5) is 14.1. The van der Waals surface area contributed by atoms with Crippen LogP contribution in [0.15, 0.2) is 69.9 Å². The van der Waals surface area contributed by atoms with Crippen LogP contribution in [0.25, 0.3) is 11.0 Å². The first kappa shape index (κ1) is 20.7. The molecule has 0 aliphatic carbocycles. The summed E-state index contributed by atoms with van der Waals surface area (Å²) in [5.74, 6) is 0.311. The minimum Gasteiger partial charge on any atom is -0.443 e. The molecule has 32 heavy (non-hydrogen) atoms. The van der Waals surface area contributed by atoms with Gasteiger partial charge in [-0.05, 0) is 36.2 Å². The van der Waals surface area contributed by atoms with Crippen LogP contribution in [0.2, 0.25) is 5.02 Å². The lowest BCUT2D eigenvalue weighted by atomic mass is 9.97. The molecule has 1 N–H and O–H groups in total. The maximum Gasteiger partial charge on any atom is 0.340 e. The predicted molar refractivity (Wildman–Crippen MR) is 122 cm³/mol. The van der Waals surface area contributed by atoms with Crippen molar-refractivity contribution in [2.45, 2.75) is 26.4 Å². The normalized spacial score (nSPS) is 15.4. The van der Waals surface area contributed by atoms with Crippen LogP contribution in [-0.4, -0.2) is 6.73 Å². The van der Waals surface area contributed by atoms with Gasteiger partial charge in [-0.1, -0.05) is 54.1 Å². The molecule has 1 aliphatic rings. The van der Waals surface area contributed by atoms with Gasteiger partial charge in [0.25, 0.3) is 0 Å². The number of benzene rings is 3. The second-order valence-electron chi connectivity index (χ2n) is 8.22. The fraction of sp³-hybridized carbons (Fsp3) is 0.192. The highest BCUT2D eigenvalue weighted by atomic mass is 35.5. The lowest BCUT2D eigenvalue weighted by Crippen LogP contribution is -3.10. The van der Waals surface area contributed by atoms with Gasteiger partial charge in [-0.25, -0.2) is 9.18 Å². The van der Waals surface area contributed by atoms with E-state index in [0.717, 1.165) is 32.5 Å². The van der Waals surface area contributed by atoms with E-state index < -0.39 is 0 Å². The van der Waals surface area contributed by atoms with Gasteiger partial charge in [-0.3, -0.25) is 4.90 Å². The summed E-state index contributed by atoms with van der Waals surface area (Å²) in [5, 5.41) is 1.34. The zero-order valence-corrected chi connectivity index (χ0v) is 18.3. The standard InChI is InChI=1S/C26H21ClFNO3/c1-16-20-12-23(27)25-22(14-29(15-31-25)13-18-7-9-19(28)10-8-18)24(20)32-26(30)21(16)11-17-5-3-2-4-6-17/h2-10,12H,11,13-15H2,1H3/p+1. The monoisotopic (exact) mass is 450 g/mol. The zero-order valence-electron chi connectivity index (χ0n) is 17.6. The fourth-order valence-corrected chi connectivity index (χ4v) is 4.61. The van der Waals surface area contributed by atoms with Gasteiger partial charge in [0.1, 0.15) is 18.9 Å². The van der Waals surface area contributed by atoms with Gasteiger partial charge < -0.3 is 9.15 Å². The molecular formula is C26H22ClFNO3+. The first-order valence-electron chi connectivity index (χ1n) is 10.5. The number of halogens is 2. The molecule has 0 amide bonds. The summed E-state index contributed by atoms with van der Waals surface area (Å²) in [6.45, 7) is 3.60. The van der Waals surface area contributed by atoms with E-state index in [-0.39, 0.29) is 11.4 Å². The van der Waals surface area contributed by atoms with Gasteiger partial charge in [-0.2, -0.15) is 0 Å². The van der Waals surface area contributed by atoms with Crippen LogP contribution in [0.1, 0.15) is 27.8 Å². The second-order valence-corrected chi connectivity index (χ2v) is 8.62. The van der Waals surface area contributed by atoms with E-state index in [4.69, 9.17) is 20.8 Å². The quantitative estimate of drug-likeness (QED) is 0.468. The molecule has 1 aliphatic heterocycles. The molecule has 4 aromatic rings. The Morgan fingerprint density at radius 3 is 2.56 bits per heavy atom. The maximum absolute atomic E-state index is 13.2. The molecule has 0 fully saturated rings. The Labute approximate surface area is 189 Å². The Hall–Kier alpha value is -3.15. The third-order valence-corrected chi connectivity index (χ3v) is 6.30. The van der Waals surface area contributed by atoms with Gasteiger partial charge in [0.2, 0.25) is 6.73 Å². The summed E-state index contributed by atoms with van der Waals surface area (Å²) >= 11 is 6.58. The summed E-state index contributed by atoms with van der Waals surface area (Å²) in [7, 11) is 0. The molecule has 1 aromatic heterocycles. The van der Waals surface area contributed by atoms with Gasteiger partial charge in [0, 0.05) is 22.9 Å². The molecular weight excluding hydrogens is 429 g/mol. The van der Waals surface area contributed by atoms with E-state index in [1.165, 1.54) is 12.1 Å². The van der Waals surface area contributed by atoms with E-state index in [2.05, 4.69) is 0 Å². The number of hydrogen-bond acceptors (Lipinski definition) is 3. The molecule has 1 atom stereocenters. The molecule has 6 heteroatoms. The van der Waals surface area contributed by atoms with Crippen molar-refractivity contribution in [3.8, 4) is 5.75 Å². The van der Waals surface area contributed by atoms with Crippen molar-refractivity contribution in [2.75, 3.05) is 6.73 Å². The van der Waals surface area contributed by atoms with Crippen LogP contribution in [0.4, 0.5) is 4.39 Å². The van der Waals surface area contributed by atoms with Crippen molar-refractivity contribution < 1.29 is 18.4 Å². The number of nitrogens with one attached hydrogen (secondary N) is 1. The summed E-state index contributed by atoms with van der Waals surface area (Å²) in [5.41, 5.74) is 4.53. The summed E-state index contributed by atoms with van der Waals surface area (Å²) < 4.78 is 25.1. The minimum absolute atomic E-state index is 0.259. The highest BCUT2D eigenvalue weighted by molar-refractivity contribution is 6.33. The molecule has 0 saturated heterocycles. The lowest BCUT2D eigenvalue weighted by molar-refractivity contribution is -0.945. The zero-order chi connectivity index (χ0) is 22.2. The van der Waals surface area contributed by atoms with Gasteiger partial charge in [0.15, 0.2) is 11.3 Å². The SMILES string of the molecule is Cc1c(Cc2ccccc2)c(=O)oc2c3c(c(Cl)cc12)OC[NH+](Cc1ccc(F)cc1)C3. The van der Waals surface area contributed by atoms with Gasteiger partial charge in [0.05, 0.1) is 10.6 Å². The Balaban J connectivity index is 1.54. The number of fused-ring (bicyclic) bond motifs is 3. The van der Waals surface area contributed by atoms with Crippen molar-refractivity contribution in [3.63, 3.8) is 0 Å². The van der Waals surface area contributed by atoms with E-state index in [0.29, 0.717) is 48.2 Å². The topological polar surface area (TPSA) is 43.9 Å². The number of rotatable bonds is 4. The van der Waals surface area contributed by atoms with E-state index >= 15 is 0 Å². The lowest BCUT2D eigenvalue weighted by Gasteiger charge is -2.27. The summed E-state index contributed by atoms with van der Waals surface area (Å²) in [6, 6.07) is 18.1. The van der Waals surface area contributed by atoms with Crippen molar-refractivity contribution >= 4 is 22.6 Å². The van der Waals surface area contributed by atoms with Crippen molar-refractivity contribution in [1.29, 1.82) is 0 Å². The summed E-state index contributed by atoms with van der Waals surface area (Å²) in [6.07, 6.45) is 0.498. The Kier molecular flexibility index (Phi) is 5.45. The van der Waals surface area contributed by atoms with Crippen molar-refractivity contribution in [2.24, 2.45) is 0 Å². The van der Waals surface area contributed by atoms with Gasteiger partial charge >= 0.3 is 5.63 Å². The number of hydrogen-bond donors (Lipinski definition) is 1. The molecule has 0 saturated carbocycles. The van der Waals surface area contributed by atoms with Gasteiger partial charge in [-0.15, -0.1) is 0 Å². The molecule has 5 rings (SSSR count).